The summed E-state index contributed by atoms with van der Waals surface area (Å²) >= 11 is 0. The van der Waals surface area contributed by atoms with E-state index in [-0.39, 0.29) is 0 Å². The lowest BCUT2D eigenvalue weighted by molar-refractivity contribution is 0.186. The van der Waals surface area contributed by atoms with E-state index in [2.05, 4.69) is 102 Å². The third-order valence-corrected chi connectivity index (χ3v) is 8.49. The number of aryl methyl sites for hydroxylation is 3. The van der Waals surface area contributed by atoms with E-state index in [1.807, 2.05) is 0 Å². The fraction of sp³-hybridized carbons (Fsp3) is 0.394. The zero-order valence-electron chi connectivity index (χ0n) is 23.0. The molecule has 1 unspecified atom stereocenters. The van der Waals surface area contributed by atoms with E-state index < -0.39 is 0 Å². The summed E-state index contributed by atoms with van der Waals surface area (Å²) in [4.78, 5) is 12.3. The van der Waals surface area contributed by atoms with E-state index in [4.69, 9.17) is 9.97 Å². The van der Waals surface area contributed by atoms with Crippen molar-refractivity contribution in [2.75, 3.05) is 31.5 Å². The number of benzene rings is 2. The molecule has 2 aromatic carbocycles. The Morgan fingerprint density at radius 2 is 1.79 bits per heavy atom. The second-order valence-electron chi connectivity index (χ2n) is 11.1. The molecule has 0 radical (unpaired) electrons. The van der Waals surface area contributed by atoms with Crippen LogP contribution in [0.4, 0.5) is 5.69 Å². The number of nitrogens with zero attached hydrogens (tertiary/aromatic N) is 4. The maximum absolute atomic E-state index is 4.89. The van der Waals surface area contributed by atoms with Crippen LogP contribution in [0.2, 0.25) is 0 Å². The van der Waals surface area contributed by atoms with Crippen LogP contribution in [-0.2, 0) is 13.0 Å². The molecule has 2 aromatic heterocycles. The van der Waals surface area contributed by atoms with Gasteiger partial charge in [-0.15, -0.1) is 0 Å². The van der Waals surface area contributed by atoms with E-state index in [1.165, 1.54) is 53.9 Å². The quantitative estimate of drug-likeness (QED) is 0.308. The van der Waals surface area contributed by atoms with Gasteiger partial charge in [-0.25, -0.2) is 9.97 Å². The van der Waals surface area contributed by atoms with Gasteiger partial charge in [0.1, 0.15) is 11.3 Å². The fourth-order valence-electron chi connectivity index (χ4n) is 6.41. The Hall–Kier alpha value is -3.44. The number of hydrogen-bond donors (Lipinski definition) is 1. The first-order valence-corrected chi connectivity index (χ1v) is 14.2. The van der Waals surface area contributed by atoms with Crippen LogP contribution in [-0.4, -0.2) is 45.6 Å². The van der Waals surface area contributed by atoms with Crippen LogP contribution in [0.3, 0.4) is 0 Å². The predicted octanol–water partition coefficient (Wildman–Crippen LogP) is 6.59. The van der Waals surface area contributed by atoms with Gasteiger partial charge in [0.15, 0.2) is 5.65 Å². The van der Waals surface area contributed by atoms with Crippen molar-refractivity contribution in [2.45, 2.75) is 52.5 Å². The maximum Gasteiger partial charge on any atom is 0.160 e. The molecule has 5 nitrogen and oxygen atoms in total. The van der Waals surface area contributed by atoms with Crippen LogP contribution in [0, 0.1) is 19.8 Å². The number of hydrogen-bond acceptors (Lipinski definition) is 4. The summed E-state index contributed by atoms with van der Waals surface area (Å²) in [6, 6.07) is 19.9. The van der Waals surface area contributed by atoms with Gasteiger partial charge in [-0.3, -0.25) is 4.90 Å². The van der Waals surface area contributed by atoms with Crippen LogP contribution in [0.1, 0.15) is 59.5 Å². The second kappa shape index (κ2) is 10.7. The van der Waals surface area contributed by atoms with Gasteiger partial charge in [0, 0.05) is 36.8 Å². The molecule has 0 aliphatic carbocycles. The number of pyridine rings is 1. The van der Waals surface area contributed by atoms with Crippen LogP contribution < -0.4 is 5.32 Å². The molecule has 4 aromatic rings. The predicted molar refractivity (Wildman–Crippen MR) is 158 cm³/mol. The number of anilines is 1. The highest BCUT2D eigenvalue weighted by Crippen LogP contribution is 2.40. The van der Waals surface area contributed by atoms with E-state index in [1.54, 1.807) is 0 Å². The normalized spacial score (nSPS) is 18.3. The molecule has 1 saturated heterocycles. The Balaban J connectivity index is 1.04. The summed E-state index contributed by atoms with van der Waals surface area (Å²) in [6.07, 6.45) is 8.08. The first-order chi connectivity index (χ1) is 18.6. The minimum absolute atomic E-state index is 0.681. The van der Waals surface area contributed by atoms with E-state index in [0.29, 0.717) is 5.92 Å². The molecule has 4 heterocycles. The van der Waals surface area contributed by atoms with Crippen molar-refractivity contribution in [3.63, 3.8) is 0 Å². The molecule has 0 saturated carbocycles. The highest BCUT2D eigenvalue weighted by molar-refractivity contribution is 5.76. The standard InChI is InChI=1S/C33H39N5/c1-4-31-36-32-23(2)20-24(3)35-33(32)38(31)22-26-13-11-25(12-14-26)8-7-17-37-18-15-27(16-19-37)29-21-34-30-10-6-5-9-28(29)30/h5-14,20,27,29,34H,4,15-19,21-22H2,1-3H3/b8-7+. The molecule has 0 bridgehead atoms. The molecular weight excluding hydrogens is 466 g/mol. The summed E-state index contributed by atoms with van der Waals surface area (Å²) in [6.45, 7) is 11.7. The average molecular weight is 506 g/mol. The largest absolute Gasteiger partial charge is 0.384 e. The van der Waals surface area contributed by atoms with Crippen LogP contribution in [0.25, 0.3) is 17.2 Å². The Bertz CT molecular complexity index is 1440. The van der Waals surface area contributed by atoms with E-state index in [0.717, 1.165) is 54.7 Å². The first-order valence-electron chi connectivity index (χ1n) is 14.2. The molecule has 6 rings (SSSR count). The van der Waals surface area contributed by atoms with Gasteiger partial charge in [-0.1, -0.05) is 61.5 Å². The minimum atomic E-state index is 0.681. The summed E-state index contributed by atoms with van der Waals surface area (Å²) in [5.74, 6) is 2.57. The van der Waals surface area contributed by atoms with Crippen molar-refractivity contribution in [2.24, 2.45) is 5.92 Å². The van der Waals surface area contributed by atoms with Crippen molar-refractivity contribution >= 4 is 22.9 Å². The maximum atomic E-state index is 4.89. The van der Waals surface area contributed by atoms with E-state index >= 15 is 0 Å². The molecule has 0 amide bonds. The van der Waals surface area contributed by atoms with Gasteiger partial charge in [0.2, 0.25) is 0 Å². The van der Waals surface area contributed by atoms with Gasteiger partial charge >= 0.3 is 0 Å². The van der Waals surface area contributed by atoms with Gasteiger partial charge < -0.3 is 9.88 Å². The molecule has 38 heavy (non-hydrogen) atoms. The van der Waals surface area contributed by atoms with Crippen LogP contribution in [0.15, 0.2) is 60.7 Å². The van der Waals surface area contributed by atoms with Crippen molar-refractivity contribution in [3.05, 3.63) is 94.4 Å². The van der Waals surface area contributed by atoms with Gasteiger partial charge in [-0.05, 0) is 80.1 Å². The molecule has 1 fully saturated rings. The average Bonchev–Trinajstić information content (AvgIpc) is 3.52. The molecule has 1 atom stereocenters. The molecule has 2 aliphatic heterocycles. The van der Waals surface area contributed by atoms with Crippen molar-refractivity contribution < 1.29 is 0 Å². The zero-order chi connectivity index (χ0) is 26.1. The number of fused-ring (bicyclic) bond motifs is 2. The Labute approximate surface area is 226 Å². The van der Waals surface area contributed by atoms with Crippen molar-refractivity contribution in [1.82, 2.24) is 19.4 Å². The highest BCUT2D eigenvalue weighted by atomic mass is 15.1. The fourth-order valence-corrected chi connectivity index (χ4v) is 6.41. The highest BCUT2D eigenvalue weighted by Gasteiger charge is 2.31. The number of aromatic nitrogens is 3. The van der Waals surface area contributed by atoms with Gasteiger partial charge in [0.05, 0.1) is 6.54 Å². The number of para-hydroxylation sites is 1. The Morgan fingerprint density at radius 1 is 1.00 bits per heavy atom. The lowest BCUT2D eigenvalue weighted by Gasteiger charge is -2.34. The number of likely N-dealkylation sites (tertiary alicyclic amines) is 1. The van der Waals surface area contributed by atoms with Crippen molar-refractivity contribution in [1.29, 1.82) is 0 Å². The second-order valence-corrected chi connectivity index (χ2v) is 11.1. The van der Waals surface area contributed by atoms with Gasteiger partial charge in [0.25, 0.3) is 0 Å². The summed E-state index contributed by atoms with van der Waals surface area (Å²) in [5.41, 5.74) is 9.69. The summed E-state index contributed by atoms with van der Waals surface area (Å²) in [7, 11) is 0. The third-order valence-electron chi connectivity index (χ3n) is 8.49. The zero-order valence-corrected chi connectivity index (χ0v) is 23.0. The first kappa shape index (κ1) is 24.9. The molecule has 0 spiro atoms. The minimum Gasteiger partial charge on any atom is -0.384 e. The third kappa shape index (κ3) is 5.00. The molecular formula is C33H39N5. The number of rotatable bonds is 7. The number of piperidine rings is 1. The monoisotopic (exact) mass is 505 g/mol. The molecule has 5 heteroatoms. The van der Waals surface area contributed by atoms with Crippen LogP contribution in [0.5, 0.6) is 0 Å². The topological polar surface area (TPSA) is 46.0 Å². The molecule has 196 valence electrons. The lowest BCUT2D eigenvalue weighted by Crippen LogP contribution is -2.36. The Kier molecular flexibility index (Phi) is 7.03. The molecule has 1 N–H and O–H groups in total. The summed E-state index contributed by atoms with van der Waals surface area (Å²) in [5, 5.41) is 3.61. The van der Waals surface area contributed by atoms with Crippen LogP contribution >= 0.6 is 0 Å². The SMILES string of the molecule is CCc1nc2c(C)cc(C)nc2n1Cc1ccc(/C=C/CN2CCC(C3CNc4ccccc43)CC2)cc1. The number of imidazole rings is 1. The smallest absolute Gasteiger partial charge is 0.160 e. The van der Waals surface area contributed by atoms with E-state index in [9.17, 15) is 0 Å². The lowest BCUT2D eigenvalue weighted by atomic mass is 9.81. The van der Waals surface area contributed by atoms with Gasteiger partial charge in [-0.2, -0.15) is 0 Å². The Morgan fingerprint density at radius 3 is 2.58 bits per heavy atom. The summed E-state index contributed by atoms with van der Waals surface area (Å²) < 4.78 is 2.28. The number of nitrogens with one attached hydrogen (secondary N) is 1. The molecule has 2 aliphatic rings. The van der Waals surface area contributed by atoms with Crippen molar-refractivity contribution in [3.8, 4) is 0 Å².